The molecular formula is C9H9BrF2N2O2. The van der Waals surface area contributed by atoms with Crippen LogP contribution >= 0.6 is 15.9 Å². The van der Waals surface area contributed by atoms with Crippen molar-refractivity contribution in [2.24, 2.45) is 5.73 Å². The van der Waals surface area contributed by atoms with Gasteiger partial charge in [-0.1, -0.05) is 0 Å². The van der Waals surface area contributed by atoms with Gasteiger partial charge >= 0.3 is 5.97 Å². The van der Waals surface area contributed by atoms with Crippen LogP contribution in [0.15, 0.2) is 10.5 Å². The molecule has 1 aromatic heterocycles. The normalized spacial score (nSPS) is 10.8. The lowest BCUT2D eigenvalue weighted by atomic mass is 10.1. The summed E-state index contributed by atoms with van der Waals surface area (Å²) in [6.07, 6.45) is -3.17. The predicted molar refractivity (Wildman–Crippen MR) is 56.1 cm³/mol. The average Bonchev–Trinajstić information content (AvgIpc) is 2.18. The lowest BCUT2D eigenvalue weighted by Crippen LogP contribution is -2.11. The molecule has 4 nitrogen and oxygen atoms in total. The lowest BCUT2D eigenvalue weighted by molar-refractivity contribution is -0.136. The zero-order valence-corrected chi connectivity index (χ0v) is 9.67. The van der Waals surface area contributed by atoms with E-state index < -0.39 is 24.5 Å². The van der Waals surface area contributed by atoms with Gasteiger partial charge in [-0.15, -0.1) is 0 Å². The van der Waals surface area contributed by atoms with Crippen molar-refractivity contribution in [3.8, 4) is 0 Å². The topological polar surface area (TPSA) is 76.2 Å². The Kier molecular flexibility index (Phi) is 4.31. The van der Waals surface area contributed by atoms with Gasteiger partial charge in [-0.25, -0.2) is 13.8 Å². The summed E-state index contributed by atoms with van der Waals surface area (Å²) in [6, 6.07) is 1.38. The summed E-state index contributed by atoms with van der Waals surface area (Å²) in [7, 11) is 0. The third-order valence-electron chi connectivity index (χ3n) is 1.92. The molecule has 0 aromatic carbocycles. The van der Waals surface area contributed by atoms with Crippen molar-refractivity contribution in [3.63, 3.8) is 0 Å². The van der Waals surface area contributed by atoms with E-state index in [9.17, 15) is 13.6 Å². The Morgan fingerprint density at radius 3 is 2.69 bits per heavy atom. The van der Waals surface area contributed by atoms with E-state index in [4.69, 9.17) is 10.8 Å². The molecule has 0 amide bonds. The number of alkyl halides is 2. The van der Waals surface area contributed by atoms with Gasteiger partial charge in [0, 0.05) is 11.0 Å². The van der Waals surface area contributed by atoms with Gasteiger partial charge in [-0.05, 0) is 27.6 Å². The lowest BCUT2D eigenvalue weighted by Gasteiger charge is -2.09. The van der Waals surface area contributed by atoms with Crippen molar-refractivity contribution in [3.05, 3.63) is 27.5 Å². The van der Waals surface area contributed by atoms with Crippen LogP contribution in [0.4, 0.5) is 8.78 Å². The van der Waals surface area contributed by atoms with Crippen molar-refractivity contribution in [1.29, 1.82) is 0 Å². The second-order valence-electron chi connectivity index (χ2n) is 3.04. The van der Waals surface area contributed by atoms with E-state index >= 15 is 0 Å². The van der Waals surface area contributed by atoms with Crippen LogP contribution in [0.5, 0.6) is 0 Å². The molecule has 0 aliphatic carbocycles. The maximum atomic E-state index is 12.5. The molecule has 1 rings (SSSR count). The van der Waals surface area contributed by atoms with Crippen LogP contribution in [-0.4, -0.2) is 16.1 Å². The molecule has 0 spiro atoms. The van der Waals surface area contributed by atoms with E-state index in [0.717, 1.165) is 0 Å². The molecule has 0 aliphatic rings. The largest absolute Gasteiger partial charge is 0.481 e. The molecule has 0 aliphatic heterocycles. The van der Waals surface area contributed by atoms with Gasteiger partial charge in [-0.2, -0.15) is 0 Å². The van der Waals surface area contributed by atoms with Crippen LogP contribution in [0.25, 0.3) is 0 Å². The molecule has 0 saturated heterocycles. The number of carboxylic acids is 1. The number of aliphatic carboxylic acids is 1. The Balaban J connectivity index is 3.22. The molecule has 0 atom stereocenters. The van der Waals surface area contributed by atoms with Crippen molar-refractivity contribution in [2.75, 3.05) is 0 Å². The summed E-state index contributed by atoms with van der Waals surface area (Å²) >= 11 is 2.94. The third kappa shape index (κ3) is 2.96. The van der Waals surface area contributed by atoms with Crippen LogP contribution in [0.3, 0.4) is 0 Å². The van der Waals surface area contributed by atoms with Crippen LogP contribution in [-0.2, 0) is 17.8 Å². The Labute approximate surface area is 98.6 Å². The highest BCUT2D eigenvalue weighted by Gasteiger charge is 2.18. The first-order chi connectivity index (χ1) is 7.45. The maximum absolute atomic E-state index is 12.5. The van der Waals surface area contributed by atoms with Crippen molar-refractivity contribution in [2.45, 2.75) is 19.4 Å². The minimum atomic E-state index is -2.76. The fourth-order valence-corrected chi connectivity index (χ4v) is 1.74. The smallest absolute Gasteiger partial charge is 0.309 e. The first-order valence-electron chi connectivity index (χ1n) is 4.34. The van der Waals surface area contributed by atoms with Gasteiger partial charge in [0.25, 0.3) is 6.43 Å². The molecule has 0 bridgehead atoms. The minimum Gasteiger partial charge on any atom is -0.481 e. The first kappa shape index (κ1) is 13.0. The summed E-state index contributed by atoms with van der Waals surface area (Å²) in [4.78, 5) is 14.1. The summed E-state index contributed by atoms with van der Waals surface area (Å²) in [5, 5.41) is 8.61. The van der Waals surface area contributed by atoms with Crippen molar-refractivity contribution >= 4 is 21.9 Å². The molecule has 3 N–H and O–H groups in total. The quantitative estimate of drug-likeness (QED) is 0.889. The number of nitrogens with two attached hydrogens (primary N) is 1. The van der Waals surface area contributed by atoms with E-state index in [1.807, 2.05) is 0 Å². The molecule has 0 saturated carbocycles. The van der Waals surface area contributed by atoms with Crippen LogP contribution in [0.2, 0.25) is 0 Å². The van der Waals surface area contributed by atoms with E-state index in [0.29, 0.717) is 5.56 Å². The van der Waals surface area contributed by atoms with Gasteiger partial charge in [0.15, 0.2) is 0 Å². The van der Waals surface area contributed by atoms with Crippen LogP contribution in [0.1, 0.15) is 23.4 Å². The number of rotatable bonds is 4. The van der Waals surface area contributed by atoms with Gasteiger partial charge in [-0.3, -0.25) is 4.79 Å². The van der Waals surface area contributed by atoms with Gasteiger partial charge in [0.1, 0.15) is 5.69 Å². The summed E-state index contributed by atoms with van der Waals surface area (Å²) < 4.78 is 25.2. The highest BCUT2D eigenvalue weighted by molar-refractivity contribution is 9.10. The Bertz CT molecular complexity index is 413. The average molecular weight is 295 g/mol. The van der Waals surface area contributed by atoms with E-state index in [2.05, 4.69) is 20.9 Å². The zero-order chi connectivity index (χ0) is 12.3. The van der Waals surface area contributed by atoms with Crippen LogP contribution < -0.4 is 5.73 Å². The van der Waals surface area contributed by atoms with Gasteiger partial charge < -0.3 is 10.8 Å². The van der Waals surface area contributed by atoms with E-state index in [1.54, 1.807) is 0 Å². The molecule has 0 radical (unpaired) electrons. The maximum Gasteiger partial charge on any atom is 0.309 e. The van der Waals surface area contributed by atoms with Crippen molar-refractivity contribution in [1.82, 2.24) is 4.98 Å². The van der Waals surface area contributed by atoms with E-state index in [1.165, 1.54) is 6.07 Å². The number of aromatic nitrogens is 1. The summed E-state index contributed by atoms with van der Waals surface area (Å²) in [5.41, 5.74) is 5.44. The van der Waals surface area contributed by atoms with Gasteiger partial charge in [0.2, 0.25) is 0 Å². The molecule has 88 valence electrons. The number of halogens is 3. The number of carbonyl (C=O) groups is 1. The second kappa shape index (κ2) is 5.31. The number of nitrogens with zero attached hydrogens (tertiary/aromatic N) is 1. The molecule has 0 unspecified atom stereocenters. The molecule has 1 heterocycles. The minimum absolute atomic E-state index is 0.0533. The Morgan fingerprint density at radius 1 is 1.62 bits per heavy atom. The Hall–Kier alpha value is -1.08. The predicted octanol–water partition coefficient (Wildman–Crippen LogP) is 1.87. The molecule has 7 heteroatoms. The SMILES string of the molecule is NCc1cc(Br)c(C(F)F)nc1CC(=O)O. The number of hydrogen-bond donors (Lipinski definition) is 2. The fourth-order valence-electron chi connectivity index (χ4n) is 1.21. The number of hydrogen-bond acceptors (Lipinski definition) is 3. The fraction of sp³-hybridized carbons (Fsp3) is 0.333. The second-order valence-corrected chi connectivity index (χ2v) is 3.89. The number of carboxylic acid groups (broad SMARTS) is 1. The molecule has 16 heavy (non-hydrogen) atoms. The molecule has 1 aromatic rings. The van der Waals surface area contributed by atoms with Gasteiger partial charge in [0.05, 0.1) is 12.1 Å². The number of pyridine rings is 1. The summed E-state index contributed by atoms with van der Waals surface area (Å²) in [6.45, 7) is 0.0533. The monoisotopic (exact) mass is 294 g/mol. The highest BCUT2D eigenvalue weighted by Crippen LogP contribution is 2.27. The third-order valence-corrected chi connectivity index (χ3v) is 2.55. The van der Waals surface area contributed by atoms with E-state index in [-0.39, 0.29) is 16.7 Å². The van der Waals surface area contributed by atoms with Crippen LogP contribution in [0, 0.1) is 0 Å². The van der Waals surface area contributed by atoms with Crippen molar-refractivity contribution < 1.29 is 18.7 Å². The first-order valence-corrected chi connectivity index (χ1v) is 5.13. The molecule has 0 fully saturated rings. The summed E-state index contributed by atoms with van der Waals surface area (Å²) in [5.74, 6) is -1.13. The standard InChI is InChI=1S/C9H9BrF2N2O2/c10-5-1-4(3-13)6(2-7(15)16)14-8(5)9(11)12/h1,9H,2-3,13H2,(H,15,16). The zero-order valence-electron chi connectivity index (χ0n) is 8.08. The Morgan fingerprint density at radius 2 is 2.25 bits per heavy atom. The highest BCUT2D eigenvalue weighted by atomic mass is 79.9. The molecular weight excluding hydrogens is 286 g/mol.